The van der Waals surface area contributed by atoms with E-state index in [1.807, 2.05) is 6.07 Å². The van der Waals surface area contributed by atoms with Crippen LogP contribution < -0.4 is 5.73 Å². The highest BCUT2D eigenvalue weighted by Crippen LogP contribution is 2.51. The summed E-state index contributed by atoms with van der Waals surface area (Å²) in [6.07, 6.45) is 5.08. The number of rotatable bonds is 1. The molecular formula is C16H23ClN4. The summed E-state index contributed by atoms with van der Waals surface area (Å²) >= 11 is 6.00. The van der Waals surface area contributed by atoms with Gasteiger partial charge in [-0.05, 0) is 36.2 Å². The summed E-state index contributed by atoms with van der Waals surface area (Å²) in [6, 6.07) is 2.16. The number of hydrogen-bond donors (Lipinski definition) is 1. The predicted molar refractivity (Wildman–Crippen MR) is 87.4 cm³/mol. The maximum atomic E-state index is 6.18. The van der Waals surface area contributed by atoms with Crippen LogP contribution in [0.25, 0.3) is 11.2 Å². The quantitative estimate of drug-likeness (QED) is 0.847. The first-order chi connectivity index (χ1) is 9.67. The van der Waals surface area contributed by atoms with E-state index in [9.17, 15) is 0 Å². The molecule has 1 aliphatic rings. The smallest absolute Gasteiger partial charge is 0.202 e. The summed E-state index contributed by atoms with van der Waals surface area (Å²) in [5.74, 6) is 0.540. The monoisotopic (exact) mass is 306 g/mol. The van der Waals surface area contributed by atoms with Crippen molar-refractivity contribution in [3.05, 3.63) is 17.3 Å². The Bertz CT molecular complexity index is 671. The third kappa shape index (κ3) is 2.73. The predicted octanol–water partition coefficient (Wildman–Crippen LogP) is 4.44. The Morgan fingerprint density at radius 2 is 1.86 bits per heavy atom. The topological polar surface area (TPSA) is 56.7 Å². The van der Waals surface area contributed by atoms with Gasteiger partial charge in [-0.25, -0.2) is 9.97 Å². The van der Waals surface area contributed by atoms with Crippen LogP contribution in [0.5, 0.6) is 0 Å². The van der Waals surface area contributed by atoms with Crippen molar-refractivity contribution in [2.45, 2.75) is 53.0 Å². The van der Waals surface area contributed by atoms with Gasteiger partial charge in [0, 0.05) is 12.2 Å². The number of anilines is 1. The molecule has 114 valence electrons. The molecule has 1 fully saturated rings. The minimum Gasteiger partial charge on any atom is -0.369 e. The highest BCUT2D eigenvalue weighted by Gasteiger charge is 2.40. The summed E-state index contributed by atoms with van der Waals surface area (Å²) in [7, 11) is 0. The van der Waals surface area contributed by atoms with Crippen molar-refractivity contribution in [3.8, 4) is 0 Å². The molecule has 0 amide bonds. The van der Waals surface area contributed by atoms with Crippen LogP contribution in [0.4, 0.5) is 5.95 Å². The molecule has 5 heteroatoms. The second-order valence-electron chi connectivity index (χ2n) is 7.90. The van der Waals surface area contributed by atoms with E-state index in [1.54, 1.807) is 6.20 Å². The van der Waals surface area contributed by atoms with Crippen LogP contribution in [0, 0.1) is 10.8 Å². The van der Waals surface area contributed by atoms with Crippen LogP contribution in [-0.2, 0) is 0 Å². The third-order valence-corrected chi connectivity index (χ3v) is 4.63. The van der Waals surface area contributed by atoms with E-state index in [-0.39, 0.29) is 0 Å². The molecule has 0 bridgehead atoms. The van der Waals surface area contributed by atoms with Crippen LogP contribution >= 0.6 is 11.6 Å². The first kappa shape index (κ1) is 14.6. The van der Waals surface area contributed by atoms with Crippen LogP contribution in [0.15, 0.2) is 12.3 Å². The lowest BCUT2D eigenvalue weighted by Crippen LogP contribution is -2.35. The maximum absolute atomic E-state index is 6.18. The Labute approximate surface area is 130 Å². The Kier molecular flexibility index (Phi) is 3.21. The SMILES string of the molecule is CC1(C)CC(n2c(N)nc3cc(Cl)cnc32)CC(C)(C)C1. The molecule has 0 atom stereocenters. The van der Waals surface area contributed by atoms with Gasteiger partial charge in [-0.1, -0.05) is 39.3 Å². The summed E-state index contributed by atoms with van der Waals surface area (Å²) in [5, 5.41) is 0.594. The summed E-state index contributed by atoms with van der Waals surface area (Å²) < 4.78 is 2.11. The van der Waals surface area contributed by atoms with Crippen LogP contribution in [0.3, 0.4) is 0 Å². The molecule has 1 saturated carbocycles. The van der Waals surface area contributed by atoms with E-state index in [4.69, 9.17) is 17.3 Å². The summed E-state index contributed by atoms with van der Waals surface area (Å²) in [5.41, 5.74) is 8.39. The summed E-state index contributed by atoms with van der Waals surface area (Å²) in [6.45, 7) is 9.34. The van der Waals surface area contributed by atoms with Crippen LogP contribution in [0.2, 0.25) is 5.02 Å². The van der Waals surface area contributed by atoms with E-state index in [1.165, 1.54) is 6.42 Å². The second kappa shape index (κ2) is 4.60. The minimum atomic E-state index is 0.294. The average Bonchev–Trinajstić information content (AvgIpc) is 2.59. The number of imidazole rings is 1. The number of hydrogen-bond acceptors (Lipinski definition) is 3. The Morgan fingerprint density at radius 3 is 2.48 bits per heavy atom. The molecule has 0 aliphatic heterocycles. The number of nitrogens with two attached hydrogens (primary N) is 1. The zero-order valence-electron chi connectivity index (χ0n) is 13.2. The van der Waals surface area contributed by atoms with Crippen molar-refractivity contribution in [2.75, 3.05) is 5.73 Å². The highest BCUT2D eigenvalue weighted by atomic mass is 35.5. The van der Waals surface area contributed by atoms with Crippen molar-refractivity contribution >= 4 is 28.7 Å². The highest BCUT2D eigenvalue weighted by molar-refractivity contribution is 6.31. The molecule has 0 saturated heterocycles. The number of nitrogen functional groups attached to an aromatic ring is 1. The zero-order chi connectivity index (χ0) is 15.4. The van der Waals surface area contributed by atoms with Crippen molar-refractivity contribution in [2.24, 2.45) is 10.8 Å². The van der Waals surface area contributed by atoms with Gasteiger partial charge in [0.15, 0.2) is 5.65 Å². The number of fused-ring (bicyclic) bond motifs is 1. The lowest BCUT2D eigenvalue weighted by Gasteiger charge is -2.45. The third-order valence-electron chi connectivity index (χ3n) is 4.42. The Balaban J connectivity index is 2.09. The van der Waals surface area contributed by atoms with Crippen LogP contribution in [-0.4, -0.2) is 14.5 Å². The zero-order valence-corrected chi connectivity index (χ0v) is 13.9. The summed E-state index contributed by atoms with van der Waals surface area (Å²) in [4.78, 5) is 8.90. The molecule has 2 heterocycles. The molecule has 2 aromatic heterocycles. The van der Waals surface area contributed by atoms with Crippen molar-refractivity contribution in [1.29, 1.82) is 0 Å². The number of pyridine rings is 1. The fourth-order valence-electron chi connectivity index (χ4n) is 4.31. The molecule has 0 aromatic carbocycles. The van der Waals surface area contributed by atoms with Gasteiger partial charge < -0.3 is 5.73 Å². The van der Waals surface area contributed by atoms with Crippen molar-refractivity contribution < 1.29 is 0 Å². The van der Waals surface area contributed by atoms with Gasteiger partial charge in [0.05, 0.1) is 5.02 Å². The minimum absolute atomic E-state index is 0.294. The normalized spacial score (nSPS) is 21.8. The standard InChI is InChI=1S/C16H23ClN4/c1-15(2)6-11(7-16(3,4)9-15)21-13-12(20-14(21)18)5-10(17)8-19-13/h5,8,11H,6-7,9H2,1-4H3,(H2,18,20). The van der Waals surface area contributed by atoms with Gasteiger partial charge in [0.25, 0.3) is 0 Å². The fourth-order valence-corrected chi connectivity index (χ4v) is 4.46. The molecule has 21 heavy (non-hydrogen) atoms. The molecule has 0 spiro atoms. The maximum Gasteiger partial charge on any atom is 0.202 e. The van der Waals surface area contributed by atoms with Crippen molar-refractivity contribution in [3.63, 3.8) is 0 Å². The number of aromatic nitrogens is 3. The first-order valence-electron chi connectivity index (χ1n) is 7.46. The van der Waals surface area contributed by atoms with Gasteiger partial charge in [0.1, 0.15) is 5.52 Å². The van der Waals surface area contributed by atoms with Crippen LogP contribution in [0.1, 0.15) is 53.0 Å². The Morgan fingerprint density at radius 1 is 1.24 bits per heavy atom. The van der Waals surface area contributed by atoms with Gasteiger partial charge in [0.2, 0.25) is 5.95 Å². The van der Waals surface area contributed by atoms with E-state index in [0.29, 0.717) is 27.8 Å². The van der Waals surface area contributed by atoms with Gasteiger partial charge in [-0.15, -0.1) is 0 Å². The molecular weight excluding hydrogens is 284 g/mol. The molecule has 2 aromatic rings. The van der Waals surface area contributed by atoms with Crippen molar-refractivity contribution in [1.82, 2.24) is 14.5 Å². The largest absolute Gasteiger partial charge is 0.369 e. The molecule has 0 unspecified atom stereocenters. The molecule has 2 N–H and O–H groups in total. The molecule has 3 rings (SSSR count). The van der Waals surface area contributed by atoms with Gasteiger partial charge in [-0.3, -0.25) is 4.57 Å². The number of nitrogens with zero attached hydrogens (tertiary/aromatic N) is 3. The average molecular weight is 307 g/mol. The lowest BCUT2D eigenvalue weighted by atomic mass is 9.63. The van der Waals surface area contributed by atoms with E-state index in [2.05, 4.69) is 42.2 Å². The van der Waals surface area contributed by atoms with Gasteiger partial charge >= 0.3 is 0 Å². The van der Waals surface area contributed by atoms with E-state index < -0.39 is 0 Å². The lowest BCUT2D eigenvalue weighted by molar-refractivity contribution is 0.0745. The van der Waals surface area contributed by atoms with E-state index in [0.717, 1.165) is 24.0 Å². The molecule has 0 radical (unpaired) electrons. The molecule has 1 aliphatic carbocycles. The van der Waals surface area contributed by atoms with Gasteiger partial charge in [-0.2, -0.15) is 0 Å². The Hall–Kier alpha value is -1.29. The second-order valence-corrected chi connectivity index (χ2v) is 8.34. The molecule has 4 nitrogen and oxygen atoms in total. The number of halogens is 1. The van der Waals surface area contributed by atoms with E-state index >= 15 is 0 Å². The first-order valence-corrected chi connectivity index (χ1v) is 7.84. The fraction of sp³-hybridized carbons (Fsp3) is 0.625.